The van der Waals surface area contributed by atoms with Crippen molar-refractivity contribution in [3.8, 4) is 11.4 Å². The van der Waals surface area contributed by atoms with E-state index in [1.54, 1.807) is 30.1 Å². The zero-order valence-electron chi connectivity index (χ0n) is 17.8. The fourth-order valence-corrected chi connectivity index (χ4v) is 4.12. The Morgan fingerprint density at radius 1 is 1.19 bits per heavy atom. The van der Waals surface area contributed by atoms with E-state index in [4.69, 9.17) is 4.74 Å². The minimum Gasteiger partial charge on any atom is -0.497 e. The van der Waals surface area contributed by atoms with Gasteiger partial charge in [-0.3, -0.25) is 9.69 Å². The SMILES string of the molecule is COc1cccc(C(CNC(=O)c2cnn(-c3ccc(F)cc3)c2C)N2CCCC2)c1. The summed E-state index contributed by atoms with van der Waals surface area (Å²) in [5.41, 5.74) is 3.06. The van der Waals surface area contributed by atoms with Crippen LogP contribution in [0.25, 0.3) is 5.69 Å². The first-order chi connectivity index (χ1) is 15.1. The van der Waals surface area contributed by atoms with Crippen molar-refractivity contribution in [3.63, 3.8) is 0 Å². The Bertz CT molecular complexity index is 1040. The van der Waals surface area contributed by atoms with Crippen molar-refractivity contribution in [2.45, 2.75) is 25.8 Å². The Balaban J connectivity index is 1.51. The van der Waals surface area contributed by atoms with Crippen LogP contribution < -0.4 is 10.1 Å². The second-order valence-corrected chi connectivity index (χ2v) is 7.78. The van der Waals surface area contributed by atoms with Crippen LogP contribution in [-0.2, 0) is 0 Å². The summed E-state index contributed by atoms with van der Waals surface area (Å²) < 4.78 is 20.3. The molecule has 1 aliphatic heterocycles. The van der Waals surface area contributed by atoms with Crippen LogP contribution in [0.3, 0.4) is 0 Å². The third kappa shape index (κ3) is 4.61. The summed E-state index contributed by atoms with van der Waals surface area (Å²) in [5, 5.41) is 7.42. The van der Waals surface area contributed by atoms with Gasteiger partial charge in [-0.25, -0.2) is 9.07 Å². The summed E-state index contributed by atoms with van der Waals surface area (Å²) in [6.45, 7) is 4.36. The van der Waals surface area contributed by atoms with Crippen LogP contribution in [0.2, 0.25) is 0 Å². The van der Waals surface area contributed by atoms with E-state index in [1.165, 1.54) is 12.1 Å². The van der Waals surface area contributed by atoms with Gasteiger partial charge in [-0.2, -0.15) is 5.10 Å². The fourth-order valence-electron chi connectivity index (χ4n) is 4.12. The molecule has 1 fully saturated rings. The number of aromatic nitrogens is 2. The van der Waals surface area contributed by atoms with Gasteiger partial charge in [0.05, 0.1) is 36.3 Å². The first kappa shape index (κ1) is 21.1. The van der Waals surface area contributed by atoms with Gasteiger partial charge in [-0.1, -0.05) is 12.1 Å². The maximum absolute atomic E-state index is 13.2. The second kappa shape index (κ2) is 9.31. The molecule has 162 valence electrons. The van der Waals surface area contributed by atoms with Gasteiger partial charge >= 0.3 is 0 Å². The van der Waals surface area contributed by atoms with Crippen LogP contribution in [0.4, 0.5) is 4.39 Å². The average Bonchev–Trinajstić information content (AvgIpc) is 3.45. The maximum Gasteiger partial charge on any atom is 0.254 e. The number of carbonyl (C=O) groups is 1. The van der Waals surface area contributed by atoms with Crippen molar-refractivity contribution in [2.75, 3.05) is 26.7 Å². The largest absolute Gasteiger partial charge is 0.497 e. The van der Waals surface area contributed by atoms with Crippen molar-refractivity contribution in [1.82, 2.24) is 20.0 Å². The van der Waals surface area contributed by atoms with Gasteiger partial charge in [-0.05, 0) is 74.8 Å². The van der Waals surface area contributed by atoms with Crippen LogP contribution in [0.15, 0.2) is 54.7 Å². The Hall–Kier alpha value is -3.19. The Kier molecular flexibility index (Phi) is 6.32. The second-order valence-electron chi connectivity index (χ2n) is 7.78. The van der Waals surface area contributed by atoms with Gasteiger partial charge in [-0.15, -0.1) is 0 Å². The highest BCUT2D eigenvalue weighted by molar-refractivity contribution is 5.95. The molecule has 1 aliphatic rings. The lowest BCUT2D eigenvalue weighted by Crippen LogP contribution is -2.37. The minimum atomic E-state index is -0.308. The molecule has 2 heterocycles. The molecule has 4 rings (SSSR count). The molecule has 0 saturated carbocycles. The predicted molar refractivity (Wildman–Crippen MR) is 117 cm³/mol. The maximum atomic E-state index is 13.2. The highest BCUT2D eigenvalue weighted by Gasteiger charge is 2.25. The molecule has 0 spiro atoms. The summed E-state index contributed by atoms with van der Waals surface area (Å²) in [6, 6.07) is 14.1. The molecular weight excluding hydrogens is 395 g/mol. The van der Waals surface area contributed by atoms with Gasteiger partial charge in [0.1, 0.15) is 11.6 Å². The molecule has 0 radical (unpaired) electrons. The van der Waals surface area contributed by atoms with E-state index in [2.05, 4.69) is 21.4 Å². The van der Waals surface area contributed by atoms with Crippen molar-refractivity contribution < 1.29 is 13.9 Å². The molecular formula is C24H27FN4O2. The van der Waals surface area contributed by atoms with Gasteiger partial charge in [0, 0.05) is 6.54 Å². The lowest BCUT2D eigenvalue weighted by atomic mass is 10.0. The number of hydrogen-bond acceptors (Lipinski definition) is 4. The number of methoxy groups -OCH3 is 1. The molecule has 1 atom stereocenters. The van der Waals surface area contributed by atoms with Crippen LogP contribution >= 0.6 is 0 Å². The van der Waals surface area contributed by atoms with Gasteiger partial charge in [0.15, 0.2) is 0 Å². The van der Waals surface area contributed by atoms with Crippen molar-refractivity contribution in [1.29, 1.82) is 0 Å². The summed E-state index contributed by atoms with van der Waals surface area (Å²) in [5.74, 6) is 0.333. The molecule has 1 unspecified atom stereocenters. The molecule has 1 N–H and O–H groups in total. The Labute approximate surface area is 181 Å². The number of nitrogens with zero attached hydrogens (tertiary/aromatic N) is 3. The first-order valence-electron chi connectivity index (χ1n) is 10.5. The standard InChI is InChI=1S/C24H27FN4O2/c1-17-22(15-27-29(17)20-10-8-19(25)9-11-20)24(30)26-16-23(28-12-3-4-13-28)18-6-5-7-21(14-18)31-2/h5-11,14-15,23H,3-4,12-13,16H2,1-2H3,(H,26,30). The first-order valence-corrected chi connectivity index (χ1v) is 10.5. The van der Waals surface area contributed by atoms with Crippen molar-refractivity contribution >= 4 is 5.91 Å². The third-order valence-corrected chi connectivity index (χ3v) is 5.84. The normalized spacial score (nSPS) is 15.1. The average molecular weight is 423 g/mol. The predicted octanol–water partition coefficient (Wildman–Crippen LogP) is 3.90. The van der Waals surface area contributed by atoms with E-state index >= 15 is 0 Å². The zero-order valence-corrected chi connectivity index (χ0v) is 17.8. The lowest BCUT2D eigenvalue weighted by Gasteiger charge is -2.28. The molecule has 0 aliphatic carbocycles. The number of carbonyl (C=O) groups excluding carboxylic acids is 1. The smallest absolute Gasteiger partial charge is 0.254 e. The van der Waals surface area contributed by atoms with E-state index < -0.39 is 0 Å². The fraction of sp³-hybridized carbons (Fsp3) is 0.333. The number of amides is 1. The number of likely N-dealkylation sites (tertiary alicyclic amines) is 1. The Morgan fingerprint density at radius 2 is 1.94 bits per heavy atom. The van der Waals surface area contributed by atoms with Crippen LogP contribution in [0, 0.1) is 12.7 Å². The molecule has 6 nitrogen and oxygen atoms in total. The molecule has 0 bridgehead atoms. The topological polar surface area (TPSA) is 59.4 Å². The molecule has 7 heteroatoms. The number of nitrogens with one attached hydrogen (secondary N) is 1. The zero-order chi connectivity index (χ0) is 21.8. The number of rotatable bonds is 7. The summed E-state index contributed by atoms with van der Waals surface area (Å²) in [4.78, 5) is 15.4. The molecule has 2 aromatic carbocycles. The molecule has 1 aromatic heterocycles. The molecule has 3 aromatic rings. The third-order valence-electron chi connectivity index (χ3n) is 5.84. The summed E-state index contributed by atoms with van der Waals surface area (Å²) >= 11 is 0. The van der Waals surface area contributed by atoms with Crippen LogP contribution in [-0.4, -0.2) is 47.3 Å². The highest BCUT2D eigenvalue weighted by atomic mass is 19.1. The monoisotopic (exact) mass is 422 g/mol. The molecule has 31 heavy (non-hydrogen) atoms. The number of benzene rings is 2. The van der Waals surface area contributed by atoms with E-state index in [9.17, 15) is 9.18 Å². The van der Waals surface area contributed by atoms with Gasteiger partial charge in [0.25, 0.3) is 5.91 Å². The van der Waals surface area contributed by atoms with Gasteiger partial charge in [0.2, 0.25) is 0 Å². The highest BCUT2D eigenvalue weighted by Crippen LogP contribution is 2.27. The molecule has 1 saturated heterocycles. The van der Waals surface area contributed by atoms with Crippen LogP contribution in [0.5, 0.6) is 5.75 Å². The van der Waals surface area contributed by atoms with Gasteiger partial charge < -0.3 is 10.1 Å². The molecule has 1 amide bonds. The van der Waals surface area contributed by atoms with E-state index in [-0.39, 0.29) is 17.8 Å². The minimum absolute atomic E-state index is 0.0778. The lowest BCUT2D eigenvalue weighted by molar-refractivity contribution is 0.0937. The quantitative estimate of drug-likeness (QED) is 0.628. The van der Waals surface area contributed by atoms with E-state index in [0.29, 0.717) is 23.5 Å². The number of hydrogen-bond donors (Lipinski definition) is 1. The number of halogens is 1. The number of ether oxygens (including phenoxy) is 1. The van der Waals surface area contributed by atoms with Crippen molar-refractivity contribution in [3.05, 3.63) is 77.4 Å². The van der Waals surface area contributed by atoms with E-state index in [0.717, 1.165) is 37.2 Å². The Morgan fingerprint density at radius 3 is 2.65 bits per heavy atom. The summed E-state index contributed by atoms with van der Waals surface area (Å²) in [7, 11) is 1.66. The summed E-state index contributed by atoms with van der Waals surface area (Å²) in [6.07, 6.45) is 3.89. The van der Waals surface area contributed by atoms with E-state index in [1.807, 2.05) is 25.1 Å². The van der Waals surface area contributed by atoms with Crippen LogP contribution in [0.1, 0.15) is 40.5 Å². The van der Waals surface area contributed by atoms with Crippen molar-refractivity contribution in [2.24, 2.45) is 0 Å².